The minimum atomic E-state index is -0.369. The second kappa shape index (κ2) is 7.86. The molecule has 1 fully saturated rings. The summed E-state index contributed by atoms with van der Waals surface area (Å²) in [6.45, 7) is 8.01. The fourth-order valence-electron chi connectivity index (χ4n) is 3.09. The largest absolute Gasteiger partial charge is 0.335 e. The van der Waals surface area contributed by atoms with Gasteiger partial charge in [-0.25, -0.2) is 4.79 Å². The predicted octanol–water partition coefficient (Wildman–Crippen LogP) is 3.86. The van der Waals surface area contributed by atoms with Crippen molar-refractivity contribution in [3.8, 4) is 0 Å². The van der Waals surface area contributed by atoms with E-state index in [0.29, 0.717) is 0 Å². The molecular formula is C18H26N2O2S. The highest BCUT2D eigenvalue weighted by Gasteiger charge is 2.21. The van der Waals surface area contributed by atoms with E-state index in [1.54, 1.807) is 0 Å². The van der Waals surface area contributed by atoms with Gasteiger partial charge in [-0.2, -0.15) is 0 Å². The summed E-state index contributed by atoms with van der Waals surface area (Å²) in [6.07, 6.45) is 4.32. The van der Waals surface area contributed by atoms with Crippen LogP contribution >= 0.6 is 11.8 Å². The van der Waals surface area contributed by atoms with Crippen LogP contribution in [-0.4, -0.2) is 23.2 Å². The molecule has 5 heteroatoms. The van der Waals surface area contributed by atoms with Gasteiger partial charge in [-0.3, -0.25) is 10.1 Å². The Bertz CT molecular complexity index is 572. The third-order valence-electron chi connectivity index (χ3n) is 4.20. The van der Waals surface area contributed by atoms with Crippen LogP contribution in [0.2, 0.25) is 0 Å². The number of amides is 3. The third kappa shape index (κ3) is 4.99. The zero-order chi connectivity index (χ0) is 17.0. The fourth-order valence-corrected chi connectivity index (χ4v) is 4.10. The Balaban J connectivity index is 1.91. The van der Waals surface area contributed by atoms with Gasteiger partial charge in [-0.15, -0.1) is 11.8 Å². The summed E-state index contributed by atoms with van der Waals surface area (Å²) in [6, 6.07) is 4.08. The molecule has 2 N–H and O–H groups in total. The van der Waals surface area contributed by atoms with Crippen molar-refractivity contribution in [1.82, 2.24) is 10.6 Å². The van der Waals surface area contributed by atoms with Crippen LogP contribution in [0.5, 0.6) is 0 Å². The van der Waals surface area contributed by atoms with Crippen LogP contribution in [0, 0.1) is 20.8 Å². The molecule has 23 heavy (non-hydrogen) atoms. The summed E-state index contributed by atoms with van der Waals surface area (Å²) < 4.78 is 0. The van der Waals surface area contributed by atoms with E-state index in [-0.39, 0.29) is 23.2 Å². The van der Waals surface area contributed by atoms with Gasteiger partial charge in [-0.1, -0.05) is 30.5 Å². The molecule has 1 unspecified atom stereocenters. The smallest absolute Gasteiger partial charge is 0.321 e. The molecule has 4 nitrogen and oxygen atoms in total. The first-order chi connectivity index (χ1) is 10.9. The van der Waals surface area contributed by atoms with Crippen LogP contribution in [0.3, 0.4) is 0 Å². The number of rotatable bonds is 4. The molecule has 0 saturated heterocycles. The van der Waals surface area contributed by atoms with E-state index in [4.69, 9.17) is 0 Å². The number of carbonyl (C=O) groups excluding carboxylic acids is 2. The normalized spacial score (nSPS) is 16.2. The monoisotopic (exact) mass is 334 g/mol. The Morgan fingerprint density at radius 2 is 1.70 bits per heavy atom. The molecule has 0 radical (unpaired) electrons. The van der Waals surface area contributed by atoms with Crippen LogP contribution in [0.4, 0.5) is 4.79 Å². The number of nitrogens with one attached hydrogen (secondary N) is 2. The van der Waals surface area contributed by atoms with E-state index >= 15 is 0 Å². The lowest BCUT2D eigenvalue weighted by Crippen LogP contribution is -2.45. The van der Waals surface area contributed by atoms with Gasteiger partial charge in [-0.05, 0) is 51.7 Å². The number of hydrogen-bond acceptors (Lipinski definition) is 3. The summed E-state index contributed by atoms with van der Waals surface area (Å²) in [7, 11) is 0. The van der Waals surface area contributed by atoms with Crippen LogP contribution in [0.15, 0.2) is 17.0 Å². The Hall–Kier alpha value is -1.49. The van der Waals surface area contributed by atoms with Crippen molar-refractivity contribution in [2.45, 2.75) is 69.6 Å². The van der Waals surface area contributed by atoms with Gasteiger partial charge in [0.25, 0.3) is 0 Å². The van der Waals surface area contributed by atoms with Crippen molar-refractivity contribution in [1.29, 1.82) is 0 Å². The molecule has 1 aliphatic carbocycles. The standard InChI is InChI=1S/C18H26N2O2S/c1-11-9-12(2)16(13(3)10-11)23-14(4)17(21)20-18(22)19-15-7-5-6-8-15/h9-10,14-15H,5-8H2,1-4H3,(H2,19,20,21,22). The summed E-state index contributed by atoms with van der Waals surface area (Å²) in [5.74, 6) is -0.245. The van der Waals surface area contributed by atoms with Gasteiger partial charge in [0.2, 0.25) is 5.91 Å². The second-order valence-electron chi connectivity index (χ2n) is 6.43. The molecule has 1 aromatic carbocycles. The Morgan fingerprint density at radius 3 is 2.26 bits per heavy atom. The van der Waals surface area contributed by atoms with Crippen molar-refractivity contribution in [3.63, 3.8) is 0 Å². The minimum absolute atomic E-state index is 0.215. The Labute approximate surface area is 142 Å². The molecule has 126 valence electrons. The molecule has 1 atom stereocenters. The number of carbonyl (C=O) groups is 2. The zero-order valence-electron chi connectivity index (χ0n) is 14.4. The lowest BCUT2D eigenvalue weighted by molar-refractivity contribution is -0.119. The first-order valence-corrected chi connectivity index (χ1v) is 9.10. The van der Waals surface area contributed by atoms with E-state index in [0.717, 1.165) is 30.6 Å². The molecule has 0 spiro atoms. The summed E-state index contributed by atoms with van der Waals surface area (Å²) in [5.41, 5.74) is 3.56. The first kappa shape index (κ1) is 17.9. The highest BCUT2D eigenvalue weighted by Crippen LogP contribution is 2.30. The lowest BCUT2D eigenvalue weighted by atomic mass is 10.1. The average Bonchev–Trinajstić information content (AvgIpc) is 2.95. The van der Waals surface area contributed by atoms with Crippen LogP contribution < -0.4 is 10.6 Å². The van der Waals surface area contributed by atoms with Crippen LogP contribution in [0.1, 0.15) is 49.3 Å². The maximum Gasteiger partial charge on any atom is 0.321 e. The molecule has 3 amide bonds. The molecule has 1 saturated carbocycles. The number of benzene rings is 1. The molecule has 0 aromatic heterocycles. The van der Waals surface area contributed by atoms with Gasteiger partial charge >= 0.3 is 6.03 Å². The minimum Gasteiger partial charge on any atom is -0.335 e. The zero-order valence-corrected chi connectivity index (χ0v) is 15.2. The third-order valence-corrected chi connectivity index (χ3v) is 5.64. The van der Waals surface area contributed by atoms with Crippen molar-refractivity contribution < 1.29 is 9.59 Å². The summed E-state index contributed by atoms with van der Waals surface area (Å²) >= 11 is 1.51. The highest BCUT2D eigenvalue weighted by atomic mass is 32.2. The van der Waals surface area contributed by atoms with E-state index in [1.807, 2.05) is 6.92 Å². The SMILES string of the molecule is Cc1cc(C)c(SC(C)C(=O)NC(=O)NC2CCCC2)c(C)c1. The Morgan fingerprint density at radius 1 is 1.13 bits per heavy atom. The number of aryl methyl sites for hydroxylation is 3. The Kier molecular flexibility index (Phi) is 6.10. The summed E-state index contributed by atoms with van der Waals surface area (Å²) in [4.78, 5) is 25.2. The topological polar surface area (TPSA) is 58.2 Å². The van der Waals surface area contributed by atoms with Crippen molar-refractivity contribution in [2.75, 3.05) is 0 Å². The van der Waals surface area contributed by atoms with E-state index in [1.165, 1.54) is 28.5 Å². The predicted molar refractivity (Wildman–Crippen MR) is 94.9 cm³/mol. The maximum absolute atomic E-state index is 12.2. The molecule has 2 rings (SSSR count). The molecule has 1 aliphatic rings. The fraction of sp³-hybridized carbons (Fsp3) is 0.556. The van der Waals surface area contributed by atoms with Crippen molar-refractivity contribution >= 4 is 23.7 Å². The summed E-state index contributed by atoms with van der Waals surface area (Å²) in [5, 5.41) is 5.03. The molecule has 1 aromatic rings. The van der Waals surface area contributed by atoms with E-state index in [2.05, 4.69) is 43.5 Å². The molecule has 0 heterocycles. The lowest BCUT2D eigenvalue weighted by Gasteiger charge is -2.17. The molecular weight excluding hydrogens is 308 g/mol. The van der Waals surface area contributed by atoms with Gasteiger partial charge in [0.05, 0.1) is 5.25 Å². The number of hydrogen-bond donors (Lipinski definition) is 2. The molecule has 0 bridgehead atoms. The van der Waals surface area contributed by atoms with Gasteiger partial charge < -0.3 is 5.32 Å². The number of thioether (sulfide) groups is 1. The highest BCUT2D eigenvalue weighted by molar-refractivity contribution is 8.00. The maximum atomic E-state index is 12.2. The van der Waals surface area contributed by atoms with E-state index in [9.17, 15) is 9.59 Å². The number of urea groups is 1. The quantitative estimate of drug-likeness (QED) is 0.822. The van der Waals surface area contributed by atoms with Crippen LogP contribution in [0.25, 0.3) is 0 Å². The van der Waals surface area contributed by atoms with Crippen molar-refractivity contribution in [3.05, 3.63) is 28.8 Å². The van der Waals surface area contributed by atoms with Gasteiger partial charge in [0.15, 0.2) is 0 Å². The first-order valence-electron chi connectivity index (χ1n) is 8.22. The second-order valence-corrected chi connectivity index (χ2v) is 7.78. The average molecular weight is 334 g/mol. The van der Waals surface area contributed by atoms with E-state index < -0.39 is 0 Å². The van der Waals surface area contributed by atoms with Gasteiger partial charge in [0, 0.05) is 10.9 Å². The van der Waals surface area contributed by atoms with Gasteiger partial charge in [0.1, 0.15) is 0 Å². The number of imide groups is 1. The van der Waals surface area contributed by atoms with Crippen molar-refractivity contribution in [2.24, 2.45) is 0 Å². The van der Waals surface area contributed by atoms with Crippen LogP contribution in [-0.2, 0) is 4.79 Å². The molecule has 0 aliphatic heterocycles.